The molecule has 1 aromatic rings. The number of nitrogens with zero attached hydrogens (tertiary/aromatic N) is 2. The van der Waals surface area contributed by atoms with Crippen LogP contribution in [0.15, 0.2) is 17.2 Å². The number of nitrogens with one attached hydrogen (secondary N) is 2. The molecule has 1 aliphatic heterocycles. The molecule has 2 heterocycles. The van der Waals surface area contributed by atoms with Crippen molar-refractivity contribution in [2.45, 2.75) is 13.8 Å². The minimum absolute atomic E-state index is 0.167. The Kier molecular flexibility index (Phi) is 3.57. The number of anilines is 1. The number of rotatable bonds is 3. The second kappa shape index (κ2) is 5.14. The molecule has 1 saturated heterocycles. The van der Waals surface area contributed by atoms with Crippen molar-refractivity contribution in [1.82, 2.24) is 15.3 Å². The highest BCUT2D eigenvalue weighted by Gasteiger charge is 2.17. The van der Waals surface area contributed by atoms with E-state index in [0.29, 0.717) is 5.88 Å². The van der Waals surface area contributed by atoms with Crippen LogP contribution in [0.5, 0.6) is 5.88 Å². The van der Waals surface area contributed by atoms with Crippen LogP contribution in [0.3, 0.4) is 0 Å². The average Bonchev–Trinajstić information content (AvgIpc) is 2.25. The molecule has 6 nitrogen and oxygen atoms in total. The zero-order chi connectivity index (χ0) is 13.1. The fourth-order valence-electron chi connectivity index (χ4n) is 1.57. The summed E-state index contributed by atoms with van der Waals surface area (Å²) >= 11 is 0. The third-order valence-electron chi connectivity index (χ3n) is 2.81. The van der Waals surface area contributed by atoms with Crippen molar-refractivity contribution in [3.8, 4) is 5.88 Å². The predicted molar refractivity (Wildman–Crippen MR) is 67.5 cm³/mol. The Labute approximate surface area is 105 Å². The lowest BCUT2D eigenvalue weighted by Gasteiger charge is -2.21. The molecule has 0 bridgehead atoms. The second-order valence-electron chi connectivity index (χ2n) is 4.16. The van der Waals surface area contributed by atoms with Crippen LogP contribution in [0.2, 0.25) is 0 Å². The van der Waals surface area contributed by atoms with Crippen molar-refractivity contribution in [2.75, 3.05) is 25.5 Å². The summed E-state index contributed by atoms with van der Waals surface area (Å²) in [6, 6.07) is 1.71. The molecule has 0 spiro atoms. The van der Waals surface area contributed by atoms with Crippen LogP contribution in [0.25, 0.3) is 0 Å². The summed E-state index contributed by atoms with van der Waals surface area (Å²) in [6.07, 6.45) is 0. The first-order valence-corrected chi connectivity index (χ1v) is 5.70. The average molecular weight is 248 g/mol. The normalized spacial score (nSPS) is 13.8. The Morgan fingerprint density at radius 1 is 1.44 bits per heavy atom. The molecule has 2 N–H and O–H groups in total. The van der Waals surface area contributed by atoms with Gasteiger partial charge in [-0.25, -0.2) is 4.98 Å². The quantitative estimate of drug-likeness (QED) is 0.768. The fourth-order valence-corrected chi connectivity index (χ4v) is 1.57. The lowest BCUT2D eigenvalue weighted by molar-refractivity contribution is -0.112. The Bertz CT molecular complexity index is 505. The molecule has 1 aromatic heterocycles. The van der Waals surface area contributed by atoms with Gasteiger partial charge in [0.1, 0.15) is 0 Å². The maximum absolute atomic E-state index is 11.9. The fraction of sp³-hybridized carbons (Fsp3) is 0.417. The highest BCUT2D eigenvalue weighted by atomic mass is 16.5. The van der Waals surface area contributed by atoms with Crippen LogP contribution in [-0.4, -0.2) is 36.1 Å². The summed E-state index contributed by atoms with van der Waals surface area (Å²) in [4.78, 5) is 20.2. The molecule has 0 radical (unpaired) electrons. The van der Waals surface area contributed by atoms with Crippen molar-refractivity contribution in [1.29, 1.82) is 0 Å². The van der Waals surface area contributed by atoms with Crippen LogP contribution in [-0.2, 0) is 4.79 Å². The van der Waals surface area contributed by atoms with Gasteiger partial charge in [-0.2, -0.15) is 4.98 Å². The molecule has 1 amide bonds. The lowest BCUT2D eigenvalue weighted by Crippen LogP contribution is -2.36. The molecular formula is C12H16N4O2. The molecule has 0 saturated carbocycles. The Balaban J connectivity index is 2.14. The van der Waals surface area contributed by atoms with E-state index in [1.54, 1.807) is 13.0 Å². The van der Waals surface area contributed by atoms with Crippen molar-refractivity contribution < 1.29 is 9.53 Å². The number of ether oxygens (including phenoxy) is 1. The van der Waals surface area contributed by atoms with E-state index in [0.717, 1.165) is 29.9 Å². The van der Waals surface area contributed by atoms with E-state index < -0.39 is 0 Å². The van der Waals surface area contributed by atoms with Crippen LogP contribution in [0.1, 0.15) is 12.6 Å². The Hall–Kier alpha value is -1.95. The van der Waals surface area contributed by atoms with E-state index in [2.05, 4.69) is 20.6 Å². The van der Waals surface area contributed by atoms with E-state index in [1.165, 1.54) is 7.11 Å². The van der Waals surface area contributed by atoms with Crippen molar-refractivity contribution in [3.63, 3.8) is 0 Å². The molecule has 1 fully saturated rings. The number of hydrogen-bond donors (Lipinski definition) is 2. The third kappa shape index (κ3) is 2.65. The van der Waals surface area contributed by atoms with E-state index >= 15 is 0 Å². The lowest BCUT2D eigenvalue weighted by atomic mass is 10.0. The summed E-state index contributed by atoms with van der Waals surface area (Å²) in [5, 5.41) is 5.78. The van der Waals surface area contributed by atoms with Gasteiger partial charge in [0.15, 0.2) is 0 Å². The Morgan fingerprint density at radius 3 is 2.72 bits per heavy atom. The maximum atomic E-state index is 11.9. The van der Waals surface area contributed by atoms with Gasteiger partial charge in [-0.1, -0.05) is 0 Å². The SMILES string of the molecule is COc1cc(C)nc(NC(=O)C(C)=C2CNC2)n1. The number of aromatic nitrogens is 2. The Morgan fingerprint density at radius 2 is 2.17 bits per heavy atom. The topological polar surface area (TPSA) is 76.1 Å². The summed E-state index contributed by atoms with van der Waals surface area (Å²) in [7, 11) is 1.53. The van der Waals surface area contributed by atoms with Crippen LogP contribution >= 0.6 is 0 Å². The molecule has 0 atom stereocenters. The number of aryl methyl sites for hydroxylation is 1. The highest BCUT2D eigenvalue weighted by molar-refractivity contribution is 6.03. The molecule has 0 aliphatic carbocycles. The summed E-state index contributed by atoms with van der Waals surface area (Å²) in [6.45, 7) is 5.17. The van der Waals surface area contributed by atoms with Gasteiger partial charge in [0, 0.05) is 30.4 Å². The zero-order valence-electron chi connectivity index (χ0n) is 10.7. The minimum atomic E-state index is -0.167. The second-order valence-corrected chi connectivity index (χ2v) is 4.16. The maximum Gasteiger partial charge on any atom is 0.253 e. The van der Waals surface area contributed by atoms with Gasteiger partial charge in [-0.3, -0.25) is 10.1 Å². The van der Waals surface area contributed by atoms with E-state index in [1.807, 2.05) is 6.92 Å². The standard InChI is InChI=1S/C12H16N4O2/c1-7-4-10(18-3)15-12(14-7)16-11(17)8(2)9-5-13-6-9/h4,13H,5-6H2,1-3H3,(H,14,15,16,17). The third-order valence-corrected chi connectivity index (χ3v) is 2.81. The van der Waals surface area contributed by atoms with Crippen LogP contribution < -0.4 is 15.4 Å². The van der Waals surface area contributed by atoms with E-state index in [-0.39, 0.29) is 11.9 Å². The van der Waals surface area contributed by atoms with Gasteiger partial charge in [0.05, 0.1) is 7.11 Å². The van der Waals surface area contributed by atoms with Crippen molar-refractivity contribution >= 4 is 11.9 Å². The number of carbonyl (C=O) groups is 1. The van der Waals surface area contributed by atoms with Gasteiger partial charge in [0.25, 0.3) is 5.91 Å². The molecule has 0 unspecified atom stereocenters. The molecule has 6 heteroatoms. The zero-order valence-corrected chi connectivity index (χ0v) is 10.7. The number of hydrogen-bond acceptors (Lipinski definition) is 5. The van der Waals surface area contributed by atoms with Crippen molar-refractivity contribution in [2.24, 2.45) is 0 Å². The largest absolute Gasteiger partial charge is 0.481 e. The predicted octanol–water partition coefficient (Wildman–Crippen LogP) is 0.652. The molecular weight excluding hydrogens is 232 g/mol. The highest BCUT2D eigenvalue weighted by Crippen LogP contribution is 2.14. The van der Waals surface area contributed by atoms with Gasteiger partial charge in [-0.15, -0.1) is 0 Å². The van der Waals surface area contributed by atoms with Gasteiger partial charge in [-0.05, 0) is 19.4 Å². The first kappa shape index (κ1) is 12.5. The summed E-state index contributed by atoms with van der Waals surface area (Å²) in [5.41, 5.74) is 2.58. The molecule has 96 valence electrons. The summed E-state index contributed by atoms with van der Waals surface area (Å²) < 4.78 is 5.03. The van der Waals surface area contributed by atoms with Gasteiger partial charge in [0.2, 0.25) is 11.8 Å². The molecule has 18 heavy (non-hydrogen) atoms. The number of carbonyl (C=O) groups excluding carboxylic acids is 1. The molecule has 2 rings (SSSR count). The molecule has 0 aromatic carbocycles. The minimum Gasteiger partial charge on any atom is -0.481 e. The monoisotopic (exact) mass is 248 g/mol. The smallest absolute Gasteiger partial charge is 0.253 e. The van der Waals surface area contributed by atoms with E-state index in [9.17, 15) is 4.79 Å². The first-order chi connectivity index (χ1) is 8.60. The number of amides is 1. The van der Waals surface area contributed by atoms with Gasteiger partial charge < -0.3 is 10.1 Å². The number of methoxy groups -OCH3 is 1. The van der Waals surface area contributed by atoms with Crippen LogP contribution in [0, 0.1) is 6.92 Å². The van der Waals surface area contributed by atoms with Gasteiger partial charge >= 0.3 is 0 Å². The first-order valence-electron chi connectivity index (χ1n) is 5.70. The van der Waals surface area contributed by atoms with E-state index in [4.69, 9.17) is 4.74 Å². The van der Waals surface area contributed by atoms with Crippen molar-refractivity contribution in [3.05, 3.63) is 22.9 Å². The van der Waals surface area contributed by atoms with Crippen LogP contribution in [0.4, 0.5) is 5.95 Å². The summed E-state index contributed by atoms with van der Waals surface area (Å²) in [5.74, 6) is 0.539. The molecule has 1 aliphatic rings.